The van der Waals surface area contributed by atoms with E-state index in [9.17, 15) is 24.0 Å². The zero-order valence-corrected chi connectivity index (χ0v) is 47.6. The Morgan fingerprint density at radius 1 is 0.577 bits per heavy atom. The van der Waals surface area contributed by atoms with Crippen molar-refractivity contribution in [3.8, 4) is 0 Å². The molecule has 0 amide bonds. The van der Waals surface area contributed by atoms with Crippen LogP contribution in [0.4, 0.5) is 0 Å². The third-order valence-corrected chi connectivity index (χ3v) is 17.1. The average Bonchev–Trinajstić information content (AvgIpc) is 3.66. The summed E-state index contributed by atoms with van der Waals surface area (Å²) in [6.45, 7) is 24.5. The lowest BCUT2D eigenvalue weighted by molar-refractivity contribution is -0.175. The Morgan fingerprint density at radius 3 is 1.61 bits per heavy atom. The predicted molar refractivity (Wildman–Crippen MR) is 285 cm³/mol. The van der Waals surface area contributed by atoms with Crippen LogP contribution in [0.25, 0.3) is 0 Å². The van der Waals surface area contributed by atoms with E-state index in [2.05, 4.69) is 47.6 Å². The van der Waals surface area contributed by atoms with Gasteiger partial charge in [0.15, 0.2) is 0 Å². The number of allylic oxidation sites excluding steroid dienone is 1. The van der Waals surface area contributed by atoms with E-state index in [4.69, 9.17) is 23.7 Å². The van der Waals surface area contributed by atoms with E-state index in [1.165, 1.54) is 140 Å². The molecule has 0 aromatic rings. The van der Waals surface area contributed by atoms with Crippen molar-refractivity contribution >= 4 is 29.8 Å². The Kier molecular flexibility index (Phi) is 27.3. The van der Waals surface area contributed by atoms with Crippen LogP contribution in [0.5, 0.6) is 0 Å². The maximum absolute atomic E-state index is 12.6. The number of rotatable bonds is 29. The zero-order chi connectivity index (χ0) is 52.7. The summed E-state index contributed by atoms with van der Waals surface area (Å²) in [5.41, 5.74) is 0.965. The van der Waals surface area contributed by atoms with Crippen LogP contribution < -0.4 is 0 Å². The summed E-state index contributed by atoms with van der Waals surface area (Å²) in [4.78, 5) is 59.6. The second-order valence-electron chi connectivity index (χ2n) is 25.5. The fraction of sp³-hybridized carbons (Fsp3) is 0.885. The van der Waals surface area contributed by atoms with Gasteiger partial charge in [-0.25, -0.2) is 0 Å². The first-order chi connectivity index (χ1) is 33.5. The van der Waals surface area contributed by atoms with Crippen molar-refractivity contribution < 1.29 is 47.7 Å². The minimum Gasteiger partial charge on any atom is -0.462 e. The van der Waals surface area contributed by atoms with Gasteiger partial charge in [-0.2, -0.15) is 0 Å². The molecule has 0 N–H and O–H groups in total. The number of esters is 5. The zero-order valence-electron chi connectivity index (χ0n) is 47.6. The van der Waals surface area contributed by atoms with E-state index in [0.29, 0.717) is 11.8 Å². The highest BCUT2D eigenvalue weighted by Crippen LogP contribution is 2.67. The molecule has 0 aromatic heterocycles. The first-order valence-electron chi connectivity index (χ1n) is 29.1. The summed E-state index contributed by atoms with van der Waals surface area (Å²) in [5, 5.41) is 0. The molecule has 0 heterocycles. The van der Waals surface area contributed by atoms with Gasteiger partial charge in [-0.15, -0.1) is 0 Å². The van der Waals surface area contributed by atoms with Crippen molar-refractivity contribution in [1.29, 1.82) is 0 Å². The van der Waals surface area contributed by atoms with Gasteiger partial charge < -0.3 is 23.7 Å². The Morgan fingerprint density at radius 2 is 1.08 bits per heavy atom. The van der Waals surface area contributed by atoms with Crippen LogP contribution >= 0.6 is 0 Å². The summed E-state index contributed by atoms with van der Waals surface area (Å²) in [6, 6.07) is 0. The molecule has 0 unspecified atom stereocenters. The fourth-order valence-electron chi connectivity index (χ4n) is 12.7. The minimum absolute atomic E-state index is 0.0269. The van der Waals surface area contributed by atoms with Crippen LogP contribution in [-0.2, 0) is 47.7 Å². The molecule has 3 fully saturated rings. The summed E-state index contributed by atoms with van der Waals surface area (Å²) < 4.78 is 25.7. The lowest BCUT2D eigenvalue weighted by Crippen LogP contribution is -2.51. The second kappa shape index (κ2) is 31.1. The van der Waals surface area contributed by atoms with E-state index in [-0.39, 0.29) is 49.1 Å². The Balaban J connectivity index is 0.000000414. The highest BCUT2D eigenvalue weighted by molar-refractivity contribution is 5.78. The number of carbonyl (C=O) groups excluding carboxylic acids is 5. The molecule has 3 saturated carbocycles. The molecule has 410 valence electrons. The van der Waals surface area contributed by atoms with Gasteiger partial charge in [0.1, 0.15) is 6.10 Å². The number of unbranched alkanes of at least 4 members (excludes halogenated alkanes) is 14. The molecule has 10 heteroatoms. The molecule has 0 saturated heterocycles. The van der Waals surface area contributed by atoms with Gasteiger partial charge in [-0.3, -0.25) is 24.0 Å². The van der Waals surface area contributed by atoms with Gasteiger partial charge >= 0.3 is 29.8 Å². The van der Waals surface area contributed by atoms with Crippen LogP contribution in [0.1, 0.15) is 269 Å². The van der Waals surface area contributed by atoms with Gasteiger partial charge in [0.2, 0.25) is 13.6 Å². The molecule has 8 atom stereocenters. The molecule has 71 heavy (non-hydrogen) atoms. The van der Waals surface area contributed by atoms with Crippen molar-refractivity contribution in [2.45, 2.75) is 275 Å². The van der Waals surface area contributed by atoms with Crippen LogP contribution in [0.2, 0.25) is 0 Å². The minimum atomic E-state index is -0.663. The van der Waals surface area contributed by atoms with E-state index in [1.807, 2.05) is 0 Å². The Bertz CT molecular complexity index is 1640. The van der Waals surface area contributed by atoms with Crippen LogP contribution in [0.3, 0.4) is 0 Å². The van der Waals surface area contributed by atoms with E-state index < -0.39 is 29.6 Å². The third kappa shape index (κ3) is 21.5. The molecule has 0 bridgehead atoms. The van der Waals surface area contributed by atoms with Crippen molar-refractivity contribution in [2.75, 3.05) is 13.6 Å². The smallest absolute Gasteiger partial charge is 0.314 e. The molecule has 0 spiro atoms. The number of ether oxygens (including phenoxy) is 5. The predicted octanol–water partition coefficient (Wildman–Crippen LogP) is 16.1. The maximum Gasteiger partial charge on any atom is 0.314 e. The average molecular weight is 1000 g/mol. The second-order valence-corrected chi connectivity index (χ2v) is 25.5. The van der Waals surface area contributed by atoms with Crippen molar-refractivity contribution in [2.24, 2.45) is 57.2 Å². The van der Waals surface area contributed by atoms with Crippen molar-refractivity contribution in [3.63, 3.8) is 0 Å². The standard InChI is InChI=1S/C37H60O6.C24H46O4/c1-24(2)10-9-11-25(3)29-14-15-30-28-13-12-26-22-27(18-20-36(26,7)31(28)19-21-37(29,30)8)43-33(39)17-16-32(38)41-23-42-34(40)35(4,5)6;1-5-6-7-8-9-10-11-12-13-14-15-16-17-18-19-20-22(25)27-21-28-23(26)24(2,3)4/h12,24-25,27-31H,9-11,13-23H2,1-8H3;5-21H2,1-4H3/t25-,27+,28+,29-,30+,31+,36+,37-;/m1./s1. The number of hydrogen-bond donors (Lipinski definition) is 0. The first kappa shape index (κ1) is 62.4. The molecule has 0 aromatic carbocycles. The highest BCUT2D eigenvalue weighted by atomic mass is 16.7. The molecule has 4 aliphatic rings. The largest absolute Gasteiger partial charge is 0.462 e. The third-order valence-electron chi connectivity index (χ3n) is 17.1. The number of fused-ring (bicyclic) bond motifs is 5. The summed E-state index contributed by atoms with van der Waals surface area (Å²) in [5.74, 6) is 2.85. The van der Waals surface area contributed by atoms with E-state index >= 15 is 0 Å². The van der Waals surface area contributed by atoms with Crippen LogP contribution in [0, 0.1) is 57.2 Å². The summed E-state index contributed by atoms with van der Waals surface area (Å²) in [6.07, 6.45) is 35.8. The van der Waals surface area contributed by atoms with Crippen LogP contribution in [-0.4, -0.2) is 49.5 Å². The quantitative estimate of drug-likeness (QED) is 0.0235. The molecule has 0 aliphatic heterocycles. The van der Waals surface area contributed by atoms with Crippen molar-refractivity contribution in [3.05, 3.63) is 11.6 Å². The van der Waals surface area contributed by atoms with E-state index in [0.717, 1.165) is 67.6 Å². The lowest BCUT2D eigenvalue weighted by atomic mass is 9.47. The lowest BCUT2D eigenvalue weighted by Gasteiger charge is -2.58. The normalized spacial score (nSPS) is 25.3. The van der Waals surface area contributed by atoms with Gasteiger partial charge in [0.25, 0.3) is 0 Å². The Labute approximate surface area is 433 Å². The number of hydrogen-bond acceptors (Lipinski definition) is 10. The first-order valence-corrected chi connectivity index (χ1v) is 29.1. The van der Waals surface area contributed by atoms with Gasteiger partial charge in [0.05, 0.1) is 23.7 Å². The van der Waals surface area contributed by atoms with E-state index in [1.54, 1.807) is 41.5 Å². The van der Waals surface area contributed by atoms with Gasteiger partial charge in [-0.05, 0) is 139 Å². The molecule has 4 aliphatic carbocycles. The van der Waals surface area contributed by atoms with Gasteiger partial charge in [0, 0.05) is 12.8 Å². The molecule has 0 radical (unpaired) electrons. The maximum atomic E-state index is 12.6. The topological polar surface area (TPSA) is 132 Å². The molecular formula is C61H106O10. The van der Waals surface area contributed by atoms with Crippen molar-refractivity contribution in [1.82, 2.24) is 0 Å². The molecule has 4 rings (SSSR count). The molecular weight excluding hydrogens is 893 g/mol. The Hall–Kier alpha value is -2.91. The fourth-order valence-corrected chi connectivity index (χ4v) is 12.7. The summed E-state index contributed by atoms with van der Waals surface area (Å²) in [7, 11) is 0. The SMILES string of the molecule is CC(C)CCC[C@@H](C)[C@H]1CC[C@H]2[C@@H]3CC=C4C[C@@H](OC(=O)CCC(=O)OCOC(=O)C(C)(C)C)CC[C@]4(C)[C@H]3CC[C@]12C.CCCCCCCCCCCCCCCCCC(=O)OCOC(=O)C(C)(C)C. The summed E-state index contributed by atoms with van der Waals surface area (Å²) >= 11 is 0. The number of carbonyl (C=O) groups is 5. The van der Waals surface area contributed by atoms with Crippen LogP contribution in [0.15, 0.2) is 11.6 Å². The molecule has 10 nitrogen and oxygen atoms in total. The monoisotopic (exact) mass is 999 g/mol. The highest BCUT2D eigenvalue weighted by Gasteiger charge is 2.59. The van der Waals surface area contributed by atoms with Gasteiger partial charge in [-0.1, -0.05) is 162 Å².